The van der Waals surface area contributed by atoms with E-state index in [1.165, 1.54) is 0 Å². The Morgan fingerprint density at radius 2 is 1.95 bits per heavy atom. The molecule has 0 bridgehead atoms. The molecule has 2 rings (SSSR count). The molecule has 1 aliphatic carbocycles. The monoisotopic (exact) mass is 363 g/mol. The van der Waals surface area contributed by atoms with E-state index in [4.69, 9.17) is 0 Å². The topological polar surface area (TPSA) is 29.1 Å². The molecule has 116 valence electrons. The molecule has 0 radical (unpaired) electrons. The average molecular weight is 364 g/mol. The van der Waals surface area contributed by atoms with Gasteiger partial charge in [0.25, 0.3) is 5.91 Å². The van der Waals surface area contributed by atoms with Crippen molar-refractivity contribution in [3.63, 3.8) is 0 Å². The van der Waals surface area contributed by atoms with Crippen LogP contribution in [-0.2, 0) is 0 Å². The summed E-state index contributed by atoms with van der Waals surface area (Å²) >= 11 is 3.33. The van der Waals surface area contributed by atoms with Crippen molar-refractivity contribution in [1.82, 2.24) is 5.32 Å². The van der Waals surface area contributed by atoms with Gasteiger partial charge in [-0.1, -0.05) is 28.8 Å². The lowest BCUT2D eigenvalue weighted by molar-refractivity contribution is -0.187. The van der Waals surface area contributed by atoms with Gasteiger partial charge in [-0.2, -0.15) is 13.2 Å². The van der Waals surface area contributed by atoms with Crippen LogP contribution in [0, 0.1) is 12.8 Å². The van der Waals surface area contributed by atoms with E-state index in [2.05, 4.69) is 21.2 Å². The summed E-state index contributed by atoms with van der Waals surface area (Å²) in [6, 6.07) is 4.19. The van der Waals surface area contributed by atoms with Crippen LogP contribution in [0.3, 0.4) is 0 Å². The third kappa shape index (κ3) is 3.99. The molecule has 1 N–H and O–H groups in total. The highest BCUT2D eigenvalue weighted by atomic mass is 79.9. The van der Waals surface area contributed by atoms with Crippen molar-refractivity contribution in [2.24, 2.45) is 5.92 Å². The van der Waals surface area contributed by atoms with Gasteiger partial charge < -0.3 is 5.32 Å². The molecule has 6 heteroatoms. The molecule has 21 heavy (non-hydrogen) atoms. The predicted octanol–water partition coefficient (Wildman–Crippen LogP) is 4.61. The van der Waals surface area contributed by atoms with E-state index in [1.807, 2.05) is 6.92 Å². The minimum Gasteiger partial charge on any atom is -0.349 e. The second-order valence-electron chi connectivity index (χ2n) is 5.48. The summed E-state index contributed by atoms with van der Waals surface area (Å²) in [6.45, 7) is 1.83. The third-order valence-electron chi connectivity index (χ3n) is 3.92. The van der Waals surface area contributed by atoms with Gasteiger partial charge in [-0.3, -0.25) is 4.79 Å². The molecule has 2 unspecified atom stereocenters. The van der Waals surface area contributed by atoms with Gasteiger partial charge in [0.05, 0.1) is 5.92 Å². The summed E-state index contributed by atoms with van der Waals surface area (Å²) in [4.78, 5) is 12.2. The fourth-order valence-corrected chi connectivity index (χ4v) is 2.98. The molecule has 0 spiro atoms. The zero-order valence-corrected chi connectivity index (χ0v) is 13.2. The summed E-state index contributed by atoms with van der Waals surface area (Å²) in [7, 11) is 0. The molecular weight excluding hydrogens is 347 g/mol. The lowest BCUT2D eigenvalue weighted by Gasteiger charge is -2.33. The first-order valence-corrected chi connectivity index (χ1v) is 7.72. The van der Waals surface area contributed by atoms with Crippen molar-refractivity contribution in [2.45, 2.75) is 44.8 Å². The van der Waals surface area contributed by atoms with Crippen LogP contribution in [0.5, 0.6) is 0 Å². The fraction of sp³-hybridized carbons (Fsp3) is 0.533. The van der Waals surface area contributed by atoms with Crippen molar-refractivity contribution in [1.29, 1.82) is 0 Å². The van der Waals surface area contributed by atoms with Crippen molar-refractivity contribution < 1.29 is 18.0 Å². The number of amides is 1. The number of hydrogen-bond donors (Lipinski definition) is 1. The maximum Gasteiger partial charge on any atom is 0.393 e. The Labute approximate surface area is 130 Å². The lowest BCUT2D eigenvalue weighted by atomic mass is 9.84. The van der Waals surface area contributed by atoms with E-state index in [9.17, 15) is 18.0 Å². The van der Waals surface area contributed by atoms with Crippen LogP contribution in [0.1, 0.15) is 41.6 Å². The Morgan fingerprint density at radius 1 is 1.29 bits per heavy atom. The number of carbonyl (C=O) groups excluding carboxylic acids is 1. The SMILES string of the molecule is Cc1cc(C(=O)NC2CCCCC2C(F)(F)F)ccc1Br. The molecule has 1 aromatic rings. The Bertz CT molecular complexity index is 530. The first kappa shape index (κ1) is 16.3. The summed E-state index contributed by atoms with van der Waals surface area (Å²) in [5.41, 5.74) is 1.26. The number of nitrogens with one attached hydrogen (secondary N) is 1. The van der Waals surface area contributed by atoms with Gasteiger partial charge in [0, 0.05) is 16.1 Å². The smallest absolute Gasteiger partial charge is 0.349 e. The van der Waals surface area contributed by atoms with Crippen LogP contribution < -0.4 is 5.32 Å². The molecule has 1 aromatic carbocycles. The number of carbonyl (C=O) groups is 1. The van der Waals surface area contributed by atoms with Gasteiger partial charge in [0.1, 0.15) is 0 Å². The Morgan fingerprint density at radius 3 is 2.57 bits per heavy atom. The quantitative estimate of drug-likeness (QED) is 0.816. The Kier molecular flexibility index (Phi) is 4.96. The number of halogens is 4. The lowest BCUT2D eigenvalue weighted by Crippen LogP contribution is -2.47. The molecular formula is C15H17BrF3NO. The number of benzene rings is 1. The van der Waals surface area contributed by atoms with Gasteiger partial charge >= 0.3 is 6.18 Å². The zero-order valence-electron chi connectivity index (χ0n) is 11.6. The minimum atomic E-state index is -4.26. The second-order valence-corrected chi connectivity index (χ2v) is 6.33. The van der Waals surface area contributed by atoms with Crippen LogP contribution in [0.4, 0.5) is 13.2 Å². The highest BCUT2D eigenvalue weighted by molar-refractivity contribution is 9.10. The number of hydrogen-bond acceptors (Lipinski definition) is 1. The molecule has 0 aliphatic heterocycles. The molecule has 0 heterocycles. The molecule has 0 aromatic heterocycles. The molecule has 0 saturated heterocycles. The maximum atomic E-state index is 13.0. The highest BCUT2D eigenvalue weighted by Gasteiger charge is 2.45. The van der Waals surface area contributed by atoms with Crippen molar-refractivity contribution in [3.05, 3.63) is 33.8 Å². The first-order valence-electron chi connectivity index (χ1n) is 6.93. The van der Waals surface area contributed by atoms with Crippen LogP contribution >= 0.6 is 15.9 Å². The fourth-order valence-electron chi connectivity index (χ4n) is 2.73. The molecule has 2 nitrogen and oxygen atoms in total. The standard InChI is InChI=1S/C15H17BrF3NO/c1-9-8-10(6-7-12(9)16)14(21)20-13-5-3-2-4-11(13)15(17,18)19/h6-8,11,13H,2-5H2,1H3,(H,20,21). The number of rotatable bonds is 2. The van der Waals surface area contributed by atoms with E-state index in [1.54, 1.807) is 18.2 Å². The largest absolute Gasteiger partial charge is 0.393 e. The maximum absolute atomic E-state index is 13.0. The van der Waals surface area contributed by atoms with Gasteiger partial charge in [-0.15, -0.1) is 0 Å². The normalized spacial score (nSPS) is 22.9. The van der Waals surface area contributed by atoms with Gasteiger partial charge in [-0.05, 0) is 43.5 Å². The Balaban J connectivity index is 2.11. The van der Waals surface area contributed by atoms with Crippen LogP contribution in [0.2, 0.25) is 0 Å². The summed E-state index contributed by atoms with van der Waals surface area (Å²) in [6.07, 6.45) is -2.50. The summed E-state index contributed by atoms with van der Waals surface area (Å²) in [5.74, 6) is -1.88. The van der Waals surface area contributed by atoms with E-state index in [-0.39, 0.29) is 6.42 Å². The van der Waals surface area contributed by atoms with Gasteiger partial charge in [-0.25, -0.2) is 0 Å². The van der Waals surface area contributed by atoms with Crippen LogP contribution in [0.15, 0.2) is 22.7 Å². The number of aryl methyl sites for hydroxylation is 1. The highest BCUT2D eigenvalue weighted by Crippen LogP contribution is 2.37. The van der Waals surface area contributed by atoms with Gasteiger partial charge in [0.15, 0.2) is 0 Å². The summed E-state index contributed by atoms with van der Waals surface area (Å²) in [5, 5.41) is 2.56. The Hall–Kier alpha value is -1.04. The molecule has 1 amide bonds. The van der Waals surface area contributed by atoms with E-state index < -0.39 is 24.0 Å². The summed E-state index contributed by atoms with van der Waals surface area (Å²) < 4.78 is 39.9. The average Bonchev–Trinajstić information content (AvgIpc) is 2.41. The molecule has 1 fully saturated rings. The van der Waals surface area contributed by atoms with E-state index in [0.29, 0.717) is 18.4 Å². The van der Waals surface area contributed by atoms with Crippen molar-refractivity contribution in [2.75, 3.05) is 0 Å². The molecule has 1 aliphatic rings. The van der Waals surface area contributed by atoms with Crippen LogP contribution in [-0.4, -0.2) is 18.1 Å². The number of alkyl halides is 3. The molecule has 2 atom stereocenters. The molecule has 1 saturated carbocycles. The van der Waals surface area contributed by atoms with Gasteiger partial charge in [0.2, 0.25) is 0 Å². The zero-order chi connectivity index (χ0) is 15.6. The van der Waals surface area contributed by atoms with Crippen molar-refractivity contribution >= 4 is 21.8 Å². The minimum absolute atomic E-state index is 0.0911. The van der Waals surface area contributed by atoms with Crippen molar-refractivity contribution in [3.8, 4) is 0 Å². The third-order valence-corrected chi connectivity index (χ3v) is 4.81. The van der Waals surface area contributed by atoms with E-state index in [0.717, 1.165) is 16.5 Å². The van der Waals surface area contributed by atoms with E-state index >= 15 is 0 Å². The first-order chi connectivity index (χ1) is 9.79. The second kappa shape index (κ2) is 6.38. The predicted molar refractivity (Wildman–Crippen MR) is 78.1 cm³/mol. The van der Waals surface area contributed by atoms with Crippen LogP contribution in [0.25, 0.3) is 0 Å².